The van der Waals surface area contributed by atoms with Crippen LogP contribution in [0.2, 0.25) is 0 Å². The lowest BCUT2D eigenvalue weighted by atomic mass is 10.1. The van der Waals surface area contributed by atoms with Crippen molar-refractivity contribution in [3.63, 3.8) is 0 Å². The summed E-state index contributed by atoms with van der Waals surface area (Å²) in [7, 11) is -1.50. The summed E-state index contributed by atoms with van der Waals surface area (Å²) in [4.78, 5) is 42.5. The number of hydrogen-bond acceptors (Lipinski definition) is 8. The Hall–Kier alpha value is -2.20. The maximum atomic E-state index is 12.5. The second kappa shape index (κ2) is 4.35. The molecular weight excluding hydrogens is 249 g/mol. The first-order valence-corrected chi connectivity index (χ1v) is 3.88. The molecule has 0 aliphatic carbocycles. The Kier molecular flexibility index (Phi) is 3.30. The molecule has 0 saturated carbocycles. The fourth-order valence-electron chi connectivity index (χ4n) is 0.697. The third-order valence-corrected chi connectivity index (χ3v) is 1.47. The van der Waals surface area contributed by atoms with Crippen LogP contribution < -0.4 is 0 Å². The maximum absolute atomic E-state index is 12.5. The van der Waals surface area contributed by atoms with Gasteiger partial charge in [0.15, 0.2) is 0 Å². The van der Waals surface area contributed by atoms with Crippen LogP contribution in [0.15, 0.2) is 0 Å². The average Bonchev–Trinajstić information content (AvgIpc) is 2.25. The SMILES string of the molecule is COC(=O)C(=O)OB1OC(=O)C(F)(F)C(=O)O1. The Morgan fingerprint density at radius 1 is 1.18 bits per heavy atom. The van der Waals surface area contributed by atoms with Gasteiger partial charge in [-0.1, -0.05) is 0 Å². The number of carbonyl (C=O) groups is 4. The van der Waals surface area contributed by atoms with Crippen LogP contribution >= 0.6 is 0 Å². The smallest absolute Gasteiger partial charge is 0.461 e. The first kappa shape index (κ1) is 12.9. The van der Waals surface area contributed by atoms with E-state index in [4.69, 9.17) is 0 Å². The van der Waals surface area contributed by atoms with Gasteiger partial charge >= 0.3 is 37.1 Å². The van der Waals surface area contributed by atoms with Crippen LogP contribution in [0.3, 0.4) is 0 Å². The molecule has 1 aliphatic heterocycles. The van der Waals surface area contributed by atoms with Gasteiger partial charge in [-0.15, -0.1) is 0 Å². The molecule has 0 amide bonds. The van der Waals surface area contributed by atoms with Crippen LogP contribution in [0.25, 0.3) is 0 Å². The Balaban J connectivity index is 2.66. The predicted molar refractivity (Wildman–Crippen MR) is 41.0 cm³/mol. The van der Waals surface area contributed by atoms with Gasteiger partial charge in [0.1, 0.15) is 0 Å². The van der Waals surface area contributed by atoms with E-state index in [0.29, 0.717) is 0 Å². The lowest BCUT2D eigenvalue weighted by Gasteiger charge is -2.22. The van der Waals surface area contributed by atoms with E-state index in [1.54, 1.807) is 0 Å². The van der Waals surface area contributed by atoms with Gasteiger partial charge in [0, 0.05) is 0 Å². The Bertz CT molecular complexity index is 373. The minimum Gasteiger partial charge on any atom is -0.461 e. The number of halogens is 2. The molecule has 0 N–H and O–H groups in total. The van der Waals surface area contributed by atoms with Crippen molar-refractivity contribution in [2.75, 3.05) is 7.11 Å². The van der Waals surface area contributed by atoms with Crippen molar-refractivity contribution in [3.8, 4) is 0 Å². The molecule has 0 aromatic heterocycles. The van der Waals surface area contributed by atoms with Gasteiger partial charge < -0.3 is 18.7 Å². The van der Waals surface area contributed by atoms with E-state index in [9.17, 15) is 28.0 Å². The molecule has 92 valence electrons. The van der Waals surface area contributed by atoms with E-state index < -0.39 is 37.1 Å². The van der Waals surface area contributed by atoms with E-state index in [2.05, 4.69) is 18.7 Å². The van der Waals surface area contributed by atoms with E-state index in [1.165, 1.54) is 0 Å². The van der Waals surface area contributed by atoms with Gasteiger partial charge in [-0.05, 0) is 0 Å². The predicted octanol–water partition coefficient (Wildman–Crippen LogP) is -1.58. The standard InChI is InChI=1S/C6H3BF2O8/c1-14-2(10)3(11)15-7-16-4(12)6(8,9)5(13)17-7/h1H3. The normalized spacial score (nSPS) is 17.9. The number of carbonyl (C=O) groups excluding carboxylic acids is 4. The van der Waals surface area contributed by atoms with E-state index in [-0.39, 0.29) is 0 Å². The molecule has 1 heterocycles. The van der Waals surface area contributed by atoms with Crippen molar-refractivity contribution >= 4 is 31.2 Å². The van der Waals surface area contributed by atoms with Gasteiger partial charge in [0.05, 0.1) is 7.11 Å². The molecule has 8 nitrogen and oxygen atoms in total. The first-order valence-electron chi connectivity index (χ1n) is 3.88. The number of esters is 1. The van der Waals surface area contributed by atoms with Crippen molar-refractivity contribution in [1.29, 1.82) is 0 Å². The Morgan fingerprint density at radius 3 is 2.06 bits per heavy atom. The summed E-state index contributed by atoms with van der Waals surface area (Å²) in [5.74, 6) is -12.2. The molecule has 0 aromatic rings. The van der Waals surface area contributed by atoms with Gasteiger partial charge in [0.2, 0.25) is 0 Å². The highest BCUT2D eigenvalue weighted by Gasteiger charge is 2.60. The van der Waals surface area contributed by atoms with Crippen LogP contribution in [-0.2, 0) is 37.9 Å². The summed E-state index contributed by atoms with van der Waals surface area (Å²) in [5.41, 5.74) is 0. The zero-order valence-corrected chi connectivity index (χ0v) is 8.10. The average molecular weight is 252 g/mol. The monoisotopic (exact) mass is 252 g/mol. The number of methoxy groups -OCH3 is 1. The summed E-state index contributed by atoms with van der Waals surface area (Å²) < 4.78 is 40.5. The number of hydrogen-bond donors (Lipinski definition) is 0. The summed E-state index contributed by atoms with van der Waals surface area (Å²) in [5, 5.41) is 0. The topological polar surface area (TPSA) is 105 Å². The molecule has 1 fully saturated rings. The lowest BCUT2D eigenvalue weighted by molar-refractivity contribution is -0.192. The van der Waals surface area contributed by atoms with Gasteiger partial charge in [-0.2, -0.15) is 8.78 Å². The van der Waals surface area contributed by atoms with Crippen LogP contribution in [0.5, 0.6) is 0 Å². The molecule has 0 spiro atoms. The summed E-state index contributed by atoms with van der Waals surface area (Å²) in [6.07, 6.45) is 0. The summed E-state index contributed by atoms with van der Waals surface area (Å²) >= 11 is 0. The van der Waals surface area contributed by atoms with Crippen LogP contribution in [-0.4, -0.2) is 44.2 Å². The van der Waals surface area contributed by atoms with Gasteiger partial charge in [0.25, 0.3) is 0 Å². The highest BCUT2D eigenvalue weighted by Crippen LogP contribution is 2.23. The molecular formula is C6H3BF2O8. The third-order valence-electron chi connectivity index (χ3n) is 1.47. The van der Waals surface area contributed by atoms with Crippen molar-refractivity contribution in [1.82, 2.24) is 0 Å². The van der Waals surface area contributed by atoms with E-state index >= 15 is 0 Å². The largest absolute Gasteiger partial charge is 0.870 e. The Morgan fingerprint density at radius 2 is 1.65 bits per heavy atom. The quantitative estimate of drug-likeness (QED) is 0.238. The first-order chi connectivity index (χ1) is 7.78. The fraction of sp³-hybridized carbons (Fsp3) is 0.333. The molecule has 0 bridgehead atoms. The molecule has 11 heteroatoms. The van der Waals surface area contributed by atoms with Crippen LogP contribution in [0.1, 0.15) is 0 Å². The lowest BCUT2D eigenvalue weighted by Crippen LogP contribution is -2.53. The number of alkyl halides is 2. The molecule has 1 rings (SSSR count). The second-order valence-corrected chi connectivity index (χ2v) is 2.57. The van der Waals surface area contributed by atoms with Crippen molar-refractivity contribution in [2.45, 2.75) is 5.92 Å². The maximum Gasteiger partial charge on any atom is 0.870 e. The van der Waals surface area contributed by atoms with Crippen molar-refractivity contribution in [3.05, 3.63) is 0 Å². The summed E-state index contributed by atoms with van der Waals surface area (Å²) in [6, 6.07) is 0. The molecule has 1 aliphatic rings. The van der Waals surface area contributed by atoms with Gasteiger partial charge in [-0.3, -0.25) is 0 Å². The highest BCUT2D eigenvalue weighted by molar-refractivity contribution is 6.50. The molecule has 0 radical (unpaired) electrons. The van der Waals surface area contributed by atoms with Crippen molar-refractivity contribution < 1.29 is 46.7 Å². The molecule has 1 saturated heterocycles. The van der Waals surface area contributed by atoms with E-state index in [0.717, 1.165) is 7.11 Å². The van der Waals surface area contributed by atoms with Gasteiger partial charge in [-0.25, -0.2) is 19.2 Å². The minimum absolute atomic E-state index is 0.844. The third kappa shape index (κ3) is 2.49. The highest BCUT2D eigenvalue weighted by atomic mass is 19.3. The molecule has 17 heavy (non-hydrogen) atoms. The number of rotatable bonds is 1. The van der Waals surface area contributed by atoms with E-state index in [1.807, 2.05) is 0 Å². The molecule has 0 unspecified atom stereocenters. The zero-order valence-electron chi connectivity index (χ0n) is 8.10. The van der Waals surface area contributed by atoms with Crippen LogP contribution in [0, 0.1) is 0 Å². The van der Waals surface area contributed by atoms with Crippen LogP contribution in [0.4, 0.5) is 8.78 Å². The minimum atomic E-state index is -4.48. The Labute approximate surface area is 91.9 Å². The second-order valence-electron chi connectivity index (χ2n) is 2.57. The van der Waals surface area contributed by atoms with Crippen molar-refractivity contribution in [2.24, 2.45) is 0 Å². The summed E-state index contributed by atoms with van der Waals surface area (Å²) in [6.45, 7) is 0. The molecule has 0 aromatic carbocycles. The fourth-order valence-corrected chi connectivity index (χ4v) is 0.697. The number of ether oxygens (including phenoxy) is 1. The zero-order chi connectivity index (χ0) is 13.2. The molecule has 0 atom stereocenters.